The normalized spacial score (nSPS) is 10.5. The molecule has 0 heterocycles. The smallest absolute Gasteiger partial charge is 0.339 e. The largest absolute Gasteiger partial charge is 0.507 e. The fraction of sp³-hybridized carbons (Fsp3) is 0.462. The van der Waals surface area contributed by atoms with Crippen LogP contribution in [0.25, 0.3) is 0 Å². The topological polar surface area (TPSA) is 57.5 Å². The fourth-order valence-electron chi connectivity index (χ4n) is 1.62. The van der Waals surface area contributed by atoms with Crippen LogP contribution >= 0.6 is 0 Å². The molecule has 94 valence electrons. The summed E-state index contributed by atoms with van der Waals surface area (Å²) in [5.41, 5.74) is 1.64. The molecule has 0 unspecified atom stereocenters. The lowest BCUT2D eigenvalue weighted by Crippen LogP contribution is -2.03. The standard InChI is InChI=1S/C13H18O3.Al.3H/c1-7(2)9-5-10(8(3)4)12(14)11(6-9)13(15)16;;;;/h5-8,14H,1-4H3,(H,15,16);;;;. The first-order valence-electron chi connectivity index (χ1n) is 5.44. The zero-order chi connectivity index (χ0) is 12.5. The molecule has 4 heteroatoms. The summed E-state index contributed by atoms with van der Waals surface area (Å²) < 4.78 is 0. The minimum Gasteiger partial charge on any atom is -0.507 e. The number of carbonyl (C=O) groups is 1. The van der Waals surface area contributed by atoms with Crippen molar-refractivity contribution in [1.82, 2.24) is 0 Å². The molecule has 17 heavy (non-hydrogen) atoms. The average molecular weight is 252 g/mol. The molecule has 0 aromatic heterocycles. The predicted molar refractivity (Wildman–Crippen MR) is 73.2 cm³/mol. The Hall–Kier alpha value is -0.978. The molecule has 0 aliphatic heterocycles. The summed E-state index contributed by atoms with van der Waals surface area (Å²) in [6, 6.07) is 3.44. The van der Waals surface area contributed by atoms with Crippen molar-refractivity contribution in [2.75, 3.05) is 0 Å². The van der Waals surface area contributed by atoms with Crippen molar-refractivity contribution in [1.29, 1.82) is 0 Å². The second kappa shape index (κ2) is 6.09. The van der Waals surface area contributed by atoms with E-state index in [-0.39, 0.29) is 40.5 Å². The van der Waals surface area contributed by atoms with Crippen molar-refractivity contribution >= 4 is 23.3 Å². The number of hydrogen-bond donors (Lipinski definition) is 2. The number of aromatic hydroxyl groups is 1. The molecule has 0 aliphatic carbocycles. The van der Waals surface area contributed by atoms with Gasteiger partial charge >= 0.3 is 5.97 Å². The van der Waals surface area contributed by atoms with Crippen LogP contribution in [0, 0.1) is 0 Å². The Labute approximate surface area is 113 Å². The molecular weight excluding hydrogens is 231 g/mol. The number of hydrogen-bond acceptors (Lipinski definition) is 2. The third kappa shape index (κ3) is 3.49. The van der Waals surface area contributed by atoms with E-state index in [2.05, 4.69) is 0 Å². The van der Waals surface area contributed by atoms with Crippen LogP contribution in [0.3, 0.4) is 0 Å². The lowest BCUT2D eigenvalue weighted by Gasteiger charge is -2.15. The number of aromatic carboxylic acids is 1. The molecule has 0 radical (unpaired) electrons. The van der Waals surface area contributed by atoms with Gasteiger partial charge in [-0.1, -0.05) is 33.8 Å². The van der Waals surface area contributed by atoms with Crippen molar-refractivity contribution in [3.8, 4) is 5.75 Å². The van der Waals surface area contributed by atoms with Crippen molar-refractivity contribution < 1.29 is 15.0 Å². The summed E-state index contributed by atoms with van der Waals surface area (Å²) in [4.78, 5) is 11.0. The number of rotatable bonds is 3. The van der Waals surface area contributed by atoms with Crippen LogP contribution in [-0.4, -0.2) is 33.5 Å². The maximum atomic E-state index is 11.0. The van der Waals surface area contributed by atoms with Crippen LogP contribution in [0.1, 0.15) is 61.0 Å². The second-order valence-electron chi connectivity index (χ2n) is 4.62. The summed E-state index contributed by atoms with van der Waals surface area (Å²) in [5.74, 6) is -0.832. The van der Waals surface area contributed by atoms with Crippen LogP contribution in [0.2, 0.25) is 0 Å². The monoisotopic (exact) mass is 252 g/mol. The average Bonchev–Trinajstić information content (AvgIpc) is 2.16. The van der Waals surface area contributed by atoms with E-state index in [0.717, 1.165) is 5.56 Å². The molecule has 0 fully saturated rings. The quantitative estimate of drug-likeness (QED) is 0.810. The van der Waals surface area contributed by atoms with Gasteiger partial charge < -0.3 is 10.2 Å². The lowest BCUT2D eigenvalue weighted by molar-refractivity contribution is 0.0693. The van der Waals surface area contributed by atoms with Gasteiger partial charge in [0.1, 0.15) is 11.3 Å². The zero-order valence-electron chi connectivity index (χ0n) is 10.1. The van der Waals surface area contributed by atoms with Crippen LogP contribution in [0.4, 0.5) is 0 Å². The van der Waals surface area contributed by atoms with E-state index in [1.807, 2.05) is 33.8 Å². The molecule has 0 aliphatic rings. The van der Waals surface area contributed by atoms with Crippen LogP contribution in [0.15, 0.2) is 12.1 Å². The molecule has 0 spiro atoms. The number of carboxylic acids is 1. The fourth-order valence-corrected chi connectivity index (χ4v) is 1.62. The van der Waals surface area contributed by atoms with Crippen molar-refractivity contribution in [2.24, 2.45) is 0 Å². The highest BCUT2D eigenvalue weighted by molar-refractivity contribution is 5.91. The molecular formula is C13H21AlO3. The van der Waals surface area contributed by atoms with E-state index in [4.69, 9.17) is 5.11 Å². The van der Waals surface area contributed by atoms with E-state index < -0.39 is 5.97 Å². The van der Waals surface area contributed by atoms with Crippen molar-refractivity contribution in [2.45, 2.75) is 39.5 Å². The van der Waals surface area contributed by atoms with Gasteiger partial charge in [0, 0.05) is 0 Å². The molecule has 1 aromatic carbocycles. The highest BCUT2D eigenvalue weighted by Gasteiger charge is 2.18. The molecule has 0 amide bonds. The highest BCUT2D eigenvalue weighted by atomic mass is 27.0. The minimum absolute atomic E-state index is 0. The second-order valence-corrected chi connectivity index (χ2v) is 4.62. The molecule has 2 N–H and O–H groups in total. The van der Waals surface area contributed by atoms with Gasteiger partial charge in [-0.05, 0) is 29.0 Å². The first kappa shape index (κ1) is 16.0. The van der Waals surface area contributed by atoms with Crippen molar-refractivity contribution in [3.63, 3.8) is 0 Å². The van der Waals surface area contributed by atoms with E-state index in [1.54, 1.807) is 6.07 Å². The summed E-state index contributed by atoms with van der Waals surface area (Å²) in [5, 5.41) is 18.9. The van der Waals surface area contributed by atoms with Gasteiger partial charge in [-0.25, -0.2) is 4.79 Å². The summed E-state index contributed by atoms with van der Waals surface area (Å²) in [7, 11) is 0. The van der Waals surface area contributed by atoms with Crippen LogP contribution in [-0.2, 0) is 0 Å². The van der Waals surface area contributed by atoms with E-state index in [1.165, 1.54) is 0 Å². The van der Waals surface area contributed by atoms with Gasteiger partial charge in [0.25, 0.3) is 0 Å². The number of carboxylic acid groups (broad SMARTS) is 1. The molecule has 0 saturated carbocycles. The Kier molecular flexibility index (Phi) is 5.74. The Morgan fingerprint density at radius 1 is 1.12 bits per heavy atom. The van der Waals surface area contributed by atoms with E-state index >= 15 is 0 Å². The highest BCUT2D eigenvalue weighted by Crippen LogP contribution is 2.32. The maximum Gasteiger partial charge on any atom is 0.339 e. The summed E-state index contributed by atoms with van der Waals surface area (Å²) in [6.45, 7) is 7.87. The Morgan fingerprint density at radius 2 is 1.65 bits per heavy atom. The van der Waals surface area contributed by atoms with Gasteiger partial charge in [0.2, 0.25) is 0 Å². The molecule has 1 aromatic rings. The molecule has 0 atom stereocenters. The van der Waals surface area contributed by atoms with E-state index in [0.29, 0.717) is 5.56 Å². The van der Waals surface area contributed by atoms with Crippen molar-refractivity contribution in [3.05, 3.63) is 28.8 Å². The Balaban J connectivity index is 0.00000256. The Bertz CT molecular complexity index is 411. The van der Waals surface area contributed by atoms with Crippen LogP contribution in [0.5, 0.6) is 5.75 Å². The van der Waals surface area contributed by atoms with Gasteiger partial charge in [0.15, 0.2) is 17.4 Å². The van der Waals surface area contributed by atoms with Crippen LogP contribution < -0.4 is 0 Å². The maximum absolute atomic E-state index is 11.0. The van der Waals surface area contributed by atoms with Gasteiger partial charge in [-0.15, -0.1) is 0 Å². The number of phenols is 1. The molecule has 1 rings (SSSR count). The predicted octanol–water partition coefficient (Wildman–Crippen LogP) is 2.15. The third-order valence-electron chi connectivity index (χ3n) is 2.68. The van der Waals surface area contributed by atoms with Gasteiger partial charge in [-0.2, -0.15) is 0 Å². The first-order chi connectivity index (χ1) is 7.34. The molecule has 3 nitrogen and oxygen atoms in total. The molecule has 0 saturated heterocycles. The zero-order valence-corrected chi connectivity index (χ0v) is 10.1. The lowest BCUT2D eigenvalue weighted by atomic mass is 9.92. The molecule has 0 bridgehead atoms. The van der Waals surface area contributed by atoms with Gasteiger partial charge in [0.05, 0.1) is 0 Å². The SMILES string of the molecule is CC(C)c1cc(C(=O)O)c(O)c(C(C)C)c1.[AlH3]. The van der Waals surface area contributed by atoms with Gasteiger partial charge in [-0.3, -0.25) is 0 Å². The first-order valence-corrected chi connectivity index (χ1v) is 5.44. The summed E-state index contributed by atoms with van der Waals surface area (Å²) in [6.07, 6.45) is 0. The summed E-state index contributed by atoms with van der Waals surface area (Å²) >= 11 is 0. The third-order valence-corrected chi connectivity index (χ3v) is 2.68. The minimum atomic E-state index is -1.08. The van der Waals surface area contributed by atoms with E-state index in [9.17, 15) is 9.90 Å². The number of benzene rings is 1. The Morgan fingerprint density at radius 3 is 2.00 bits per heavy atom.